The largest absolute Gasteiger partial charge is 0.486 e. The maximum absolute atomic E-state index is 13.7. The Kier molecular flexibility index (Phi) is 4.54. The van der Waals surface area contributed by atoms with Crippen LogP contribution in [0.5, 0.6) is 5.75 Å². The molecule has 5 heteroatoms. The van der Waals surface area contributed by atoms with Gasteiger partial charge < -0.3 is 4.74 Å². The molecule has 0 aliphatic rings. The normalized spacial score (nSPS) is 10.1. The summed E-state index contributed by atoms with van der Waals surface area (Å²) in [5.74, 6) is -0.835. The van der Waals surface area contributed by atoms with E-state index in [1.807, 2.05) is 6.07 Å². The van der Waals surface area contributed by atoms with Gasteiger partial charge in [-0.2, -0.15) is 5.26 Å². The van der Waals surface area contributed by atoms with Gasteiger partial charge in [-0.15, -0.1) is 11.6 Å². The SMILES string of the molecule is N#Cc1ccc(F)c(COc2ccc(CCl)cc2F)c1. The number of nitrogens with zero attached hydrogens (tertiary/aromatic N) is 1. The summed E-state index contributed by atoms with van der Waals surface area (Å²) in [5, 5.41) is 8.75. The highest BCUT2D eigenvalue weighted by Crippen LogP contribution is 2.21. The lowest BCUT2D eigenvalue weighted by Gasteiger charge is -2.09. The minimum absolute atomic E-state index is 0.0145. The maximum atomic E-state index is 13.7. The first-order valence-electron chi connectivity index (χ1n) is 5.79. The first-order valence-corrected chi connectivity index (χ1v) is 6.33. The maximum Gasteiger partial charge on any atom is 0.165 e. The molecule has 2 aromatic carbocycles. The third-order valence-corrected chi connectivity index (χ3v) is 3.02. The number of hydrogen-bond acceptors (Lipinski definition) is 2. The zero-order valence-electron chi connectivity index (χ0n) is 10.4. The Morgan fingerprint density at radius 1 is 1.10 bits per heavy atom. The minimum Gasteiger partial charge on any atom is -0.486 e. The topological polar surface area (TPSA) is 33.0 Å². The quantitative estimate of drug-likeness (QED) is 0.793. The third-order valence-electron chi connectivity index (χ3n) is 2.71. The van der Waals surface area contributed by atoms with Crippen LogP contribution in [0.15, 0.2) is 36.4 Å². The van der Waals surface area contributed by atoms with Crippen LogP contribution >= 0.6 is 11.6 Å². The molecular weight excluding hydrogens is 284 g/mol. The average Bonchev–Trinajstić information content (AvgIpc) is 2.47. The van der Waals surface area contributed by atoms with Gasteiger partial charge in [0.25, 0.3) is 0 Å². The molecule has 20 heavy (non-hydrogen) atoms. The standard InChI is InChI=1S/C15H10ClF2NO/c16-7-10-2-4-15(14(18)6-10)20-9-12-5-11(8-19)1-3-13(12)17/h1-6H,7,9H2. The van der Waals surface area contributed by atoms with Gasteiger partial charge >= 0.3 is 0 Å². The number of rotatable bonds is 4. The Balaban J connectivity index is 2.15. The Bertz CT molecular complexity index is 667. The fourth-order valence-corrected chi connectivity index (χ4v) is 1.82. The van der Waals surface area contributed by atoms with Gasteiger partial charge in [0.1, 0.15) is 12.4 Å². The number of hydrogen-bond donors (Lipinski definition) is 0. The summed E-state index contributed by atoms with van der Waals surface area (Å²) >= 11 is 5.59. The van der Waals surface area contributed by atoms with E-state index in [1.165, 1.54) is 30.3 Å². The average molecular weight is 294 g/mol. The Hall–Kier alpha value is -2.12. The van der Waals surface area contributed by atoms with Crippen LogP contribution in [0.25, 0.3) is 0 Å². The van der Waals surface area contributed by atoms with Crippen molar-refractivity contribution in [2.75, 3.05) is 0 Å². The number of benzene rings is 2. The van der Waals surface area contributed by atoms with Gasteiger partial charge in [0.05, 0.1) is 11.6 Å². The molecule has 2 rings (SSSR count). The number of halogens is 3. The lowest BCUT2D eigenvalue weighted by atomic mass is 10.1. The van der Waals surface area contributed by atoms with Crippen molar-refractivity contribution in [3.63, 3.8) is 0 Å². The van der Waals surface area contributed by atoms with E-state index in [0.717, 1.165) is 0 Å². The van der Waals surface area contributed by atoms with Gasteiger partial charge in [-0.25, -0.2) is 8.78 Å². The highest BCUT2D eigenvalue weighted by atomic mass is 35.5. The van der Waals surface area contributed by atoms with Crippen LogP contribution in [0.2, 0.25) is 0 Å². The fourth-order valence-electron chi connectivity index (χ4n) is 1.65. The van der Waals surface area contributed by atoms with Crippen molar-refractivity contribution in [1.29, 1.82) is 5.26 Å². The number of ether oxygens (including phenoxy) is 1. The lowest BCUT2D eigenvalue weighted by Crippen LogP contribution is -2.01. The van der Waals surface area contributed by atoms with E-state index in [2.05, 4.69) is 0 Å². The second-order valence-corrected chi connectivity index (χ2v) is 4.37. The zero-order valence-corrected chi connectivity index (χ0v) is 11.1. The van der Waals surface area contributed by atoms with Crippen LogP contribution in [-0.2, 0) is 12.5 Å². The van der Waals surface area contributed by atoms with E-state index in [9.17, 15) is 8.78 Å². The van der Waals surface area contributed by atoms with Crippen molar-refractivity contribution in [3.8, 4) is 11.8 Å². The van der Waals surface area contributed by atoms with Gasteiger partial charge in [-0.1, -0.05) is 6.07 Å². The first-order chi connectivity index (χ1) is 9.63. The molecule has 0 N–H and O–H groups in total. The molecule has 102 valence electrons. The molecule has 2 aromatic rings. The monoisotopic (exact) mass is 293 g/mol. The first kappa shape index (κ1) is 14.3. The number of alkyl halides is 1. The summed E-state index contributed by atoms with van der Waals surface area (Å²) in [6.45, 7) is -0.154. The van der Waals surface area contributed by atoms with E-state index in [-0.39, 0.29) is 23.8 Å². The Morgan fingerprint density at radius 3 is 2.55 bits per heavy atom. The van der Waals surface area contributed by atoms with Crippen LogP contribution in [0.4, 0.5) is 8.78 Å². The van der Waals surface area contributed by atoms with Crippen LogP contribution in [0, 0.1) is 23.0 Å². The van der Waals surface area contributed by atoms with Crippen LogP contribution < -0.4 is 4.74 Å². The molecule has 0 fully saturated rings. The Morgan fingerprint density at radius 2 is 1.90 bits per heavy atom. The molecule has 0 aromatic heterocycles. The molecule has 0 bridgehead atoms. The molecule has 0 saturated carbocycles. The zero-order chi connectivity index (χ0) is 14.5. The van der Waals surface area contributed by atoms with Gasteiger partial charge in [0.2, 0.25) is 0 Å². The summed E-state index contributed by atoms with van der Waals surface area (Å²) in [5.41, 5.74) is 1.15. The highest BCUT2D eigenvalue weighted by molar-refractivity contribution is 6.17. The highest BCUT2D eigenvalue weighted by Gasteiger charge is 2.08. The van der Waals surface area contributed by atoms with Crippen molar-refractivity contribution >= 4 is 11.6 Å². The summed E-state index contributed by atoms with van der Waals surface area (Å²) in [6.07, 6.45) is 0. The van der Waals surface area contributed by atoms with Crippen molar-refractivity contribution in [1.82, 2.24) is 0 Å². The molecule has 0 saturated heterocycles. The molecule has 0 radical (unpaired) electrons. The summed E-state index contributed by atoms with van der Waals surface area (Å²) in [6, 6.07) is 10.2. The molecule has 0 amide bonds. The van der Waals surface area contributed by atoms with Crippen LogP contribution in [0.3, 0.4) is 0 Å². The van der Waals surface area contributed by atoms with Gasteiger partial charge in [0, 0.05) is 11.4 Å². The van der Waals surface area contributed by atoms with Crippen molar-refractivity contribution in [3.05, 3.63) is 64.7 Å². The molecule has 0 heterocycles. The second-order valence-electron chi connectivity index (χ2n) is 4.11. The van der Waals surface area contributed by atoms with Crippen LogP contribution in [-0.4, -0.2) is 0 Å². The van der Waals surface area contributed by atoms with E-state index < -0.39 is 11.6 Å². The minimum atomic E-state index is -0.556. The van der Waals surface area contributed by atoms with Gasteiger partial charge in [-0.05, 0) is 35.9 Å². The Labute approximate surface area is 120 Å². The lowest BCUT2D eigenvalue weighted by molar-refractivity contribution is 0.284. The van der Waals surface area contributed by atoms with Gasteiger partial charge in [0.15, 0.2) is 11.6 Å². The van der Waals surface area contributed by atoms with Crippen molar-refractivity contribution in [2.45, 2.75) is 12.5 Å². The molecule has 0 aliphatic carbocycles. The molecule has 0 unspecified atom stereocenters. The van der Waals surface area contributed by atoms with E-state index in [4.69, 9.17) is 21.6 Å². The summed E-state index contributed by atoms with van der Waals surface area (Å²) < 4.78 is 32.4. The summed E-state index contributed by atoms with van der Waals surface area (Å²) in [7, 11) is 0. The van der Waals surface area contributed by atoms with E-state index in [1.54, 1.807) is 6.07 Å². The molecule has 0 aliphatic heterocycles. The summed E-state index contributed by atoms with van der Waals surface area (Å²) in [4.78, 5) is 0. The third kappa shape index (κ3) is 3.25. The molecule has 0 atom stereocenters. The predicted octanol–water partition coefficient (Wildman–Crippen LogP) is 4.15. The predicted molar refractivity (Wildman–Crippen MR) is 71.4 cm³/mol. The fraction of sp³-hybridized carbons (Fsp3) is 0.133. The molecular formula is C15H10ClF2NO. The van der Waals surface area contributed by atoms with E-state index in [0.29, 0.717) is 11.1 Å². The van der Waals surface area contributed by atoms with Crippen molar-refractivity contribution in [2.24, 2.45) is 0 Å². The number of nitriles is 1. The molecule has 0 spiro atoms. The van der Waals surface area contributed by atoms with Crippen LogP contribution in [0.1, 0.15) is 16.7 Å². The van der Waals surface area contributed by atoms with Gasteiger partial charge in [-0.3, -0.25) is 0 Å². The van der Waals surface area contributed by atoms with E-state index >= 15 is 0 Å². The molecule has 2 nitrogen and oxygen atoms in total. The smallest absolute Gasteiger partial charge is 0.165 e. The van der Waals surface area contributed by atoms with Crippen molar-refractivity contribution < 1.29 is 13.5 Å². The second kappa shape index (κ2) is 6.36.